The molecule has 21 heavy (non-hydrogen) atoms. The van der Waals surface area contributed by atoms with E-state index in [0.29, 0.717) is 29.4 Å². The number of alkyl halides is 2. The van der Waals surface area contributed by atoms with Crippen LogP contribution in [0.5, 0.6) is 11.5 Å². The van der Waals surface area contributed by atoms with Crippen molar-refractivity contribution in [3.05, 3.63) is 47.5 Å². The fraction of sp³-hybridized carbons (Fsp3) is 0.200. The highest BCUT2D eigenvalue weighted by Crippen LogP contribution is 2.33. The van der Waals surface area contributed by atoms with Crippen molar-refractivity contribution in [3.8, 4) is 11.5 Å². The van der Waals surface area contributed by atoms with Crippen molar-refractivity contribution >= 4 is 11.4 Å². The zero-order valence-corrected chi connectivity index (χ0v) is 11.1. The van der Waals surface area contributed by atoms with Crippen molar-refractivity contribution in [2.24, 2.45) is 0 Å². The summed E-state index contributed by atoms with van der Waals surface area (Å²) in [6.45, 7) is 0.611. The van der Waals surface area contributed by atoms with Crippen molar-refractivity contribution in [1.29, 1.82) is 0 Å². The quantitative estimate of drug-likeness (QED) is 0.846. The van der Waals surface area contributed by atoms with Crippen LogP contribution in [0.4, 0.5) is 20.2 Å². The number of hydrogen-bond acceptors (Lipinski definition) is 4. The van der Waals surface area contributed by atoms with Crippen molar-refractivity contribution in [2.75, 3.05) is 17.8 Å². The van der Waals surface area contributed by atoms with Crippen LogP contribution in [-0.4, -0.2) is 6.79 Å². The molecule has 0 unspecified atom stereocenters. The predicted octanol–water partition coefficient (Wildman–Crippen LogP) is 3.55. The first-order chi connectivity index (χ1) is 10.1. The summed E-state index contributed by atoms with van der Waals surface area (Å²) in [5.41, 5.74) is 7.05. The zero-order chi connectivity index (χ0) is 14.8. The van der Waals surface area contributed by atoms with Crippen molar-refractivity contribution in [3.63, 3.8) is 0 Å². The van der Waals surface area contributed by atoms with Gasteiger partial charge in [-0.25, -0.2) is 8.78 Å². The Morgan fingerprint density at radius 2 is 1.90 bits per heavy atom. The lowest BCUT2D eigenvalue weighted by Crippen LogP contribution is -2.03. The second kappa shape index (κ2) is 5.47. The molecule has 0 saturated heterocycles. The monoisotopic (exact) mass is 292 g/mol. The summed E-state index contributed by atoms with van der Waals surface area (Å²) < 4.78 is 36.5. The molecule has 3 N–H and O–H groups in total. The highest BCUT2D eigenvalue weighted by molar-refractivity contribution is 5.59. The molecule has 1 aliphatic rings. The van der Waals surface area contributed by atoms with E-state index < -0.39 is 6.43 Å². The van der Waals surface area contributed by atoms with Gasteiger partial charge in [0.05, 0.1) is 0 Å². The number of nitrogens with one attached hydrogen (secondary N) is 1. The Morgan fingerprint density at radius 1 is 1.10 bits per heavy atom. The molecule has 0 spiro atoms. The summed E-state index contributed by atoms with van der Waals surface area (Å²) in [7, 11) is 0. The number of hydrogen-bond donors (Lipinski definition) is 2. The SMILES string of the molecule is Nc1ccc(NCc2ccc3c(c2)OCO3)c(C(F)F)c1. The van der Waals surface area contributed by atoms with Gasteiger partial charge < -0.3 is 20.5 Å². The predicted molar refractivity (Wildman–Crippen MR) is 75.7 cm³/mol. The Hall–Kier alpha value is -2.50. The molecule has 0 amide bonds. The third-order valence-corrected chi connectivity index (χ3v) is 3.23. The van der Waals surface area contributed by atoms with E-state index in [2.05, 4.69) is 5.32 Å². The Balaban J connectivity index is 1.76. The smallest absolute Gasteiger partial charge is 0.265 e. The summed E-state index contributed by atoms with van der Waals surface area (Å²) >= 11 is 0. The van der Waals surface area contributed by atoms with Crippen LogP contribution in [0.15, 0.2) is 36.4 Å². The van der Waals surface area contributed by atoms with E-state index in [-0.39, 0.29) is 12.4 Å². The lowest BCUT2D eigenvalue weighted by molar-refractivity contribution is 0.152. The van der Waals surface area contributed by atoms with Crippen molar-refractivity contribution in [1.82, 2.24) is 0 Å². The summed E-state index contributed by atoms with van der Waals surface area (Å²) in [6.07, 6.45) is -2.58. The summed E-state index contributed by atoms with van der Waals surface area (Å²) in [4.78, 5) is 0. The Bertz CT molecular complexity index is 662. The molecule has 1 heterocycles. The molecule has 0 saturated carbocycles. The van der Waals surface area contributed by atoms with E-state index in [4.69, 9.17) is 15.2 Å². The van der Waals surface area contributed by atoms with Gasteiger partial charge in [-0.1, -0.05) is 6.07 Å². The van der Waals surface area contributed by atoms with Gasteiger partial charge in [0, 0.05) is 23.5 Å². The molecule has 6 heteroatoms. The van der Waals surface area contributed by atoms with Crippen LogP contribution in [0.2, 0.25) is 0 Å². The summed E-state index contributed by atoms with van der Waals surface area (Å²) in [5.74, 6) is 1.36. The maximum absolute atomic E-state index is 13.0. The number of anilines is 2. The van der Waals surface area contributed by atoms with E-state index in [1.807, 2.05) is 12.1 Å². The summed E-state index contributed by atoms with van der Waals surface area (Å²) in [6, 6.07) is 9.93. The third kappa shape index (κ3) is 2.84. The molecule has 1 aliphatic heterocycles. The second-order valence-corrected chi connectivity index (χ2v) is 4.69. The van der Waals surface area contributed by atoms with Crippen LogP contribution in [0.3, 0.4) is 0 Å². The first-order valence-corrected chi connectivity index (χ1v) is 6.43. The average Bonchev–Trinajstić information content (AvgIpc) is 2.93. The Morgan fingerprint density at radius 3 is 2.71 bits per heavy atom. The average molecular weight is 292 g/mol. The minimum Gasteiger partial charge on any atom is -0.454 e. The van der Waals surface area contributed by atoms with Crippen LogP contribution < -0.4 is 20.5 Å². The fourth-order valence-corrected chi connectivity index (χ4v) is 2.17. The van der Waals surface area contributed by atoms with Gasteiger partial charge in [0.1, 0.15) is 0 Å². The number of rotatable bonds is 4. The molecule has 2 aromatic rings. The van der Waals surface area contributed by atoms with Gasteiger partial charge >= 0.3 is 0 Å². The molecule has 3 rings (SSSR count). The van der Waals surface area contributed by atoms with Crippen LogP contribution in [0.1, 0.15) is 17.6 Å². The van der Waals surface area contributed by atoms with Gasteiger partial charge in [-0.05, 0) is 35.9 Å². The lowest BCUT2D eigenvalue weighted by Gasteiger charge is -2.12. The fourth-order valence-electron chi connectivity index (χ4n) is 2.17. The molecule has 110 valence electrons. The molecule has 0 radical (unpaired) electrons. The third-order valence-electron chi connectivity index (χ3n) is 3.23. The van der Waals surface area contributed by atoms with Crippen LogP contribution >= 0.6 is 0 Å². The number of benzene rings is 2. The molecular weight excluding hydrogens is 278 g/mol. The highest BCUT2D eigenvalue weighted by atomic mass is 19.3. The van der Waals surface area contributed by atoms with E-state index in [0.717, 1.165) is 5.56 Å². The van der Waals surface area contributed by atoms with E-state index in [1.54, 1.807) is 18.2 Å². The van der Waals surface area contributed by atoms with Gasteiger partial charge in [0.15, 0.2) is 11.5 Å². The van der Waals surface area contributed by atoms with Crippen molar-refractivity contribution in [2.45, 2.75) is 13.0 Å². The maximum Gasteiger partial charge on any atom is 0.265 e. The summed E-state index contributed by atoms with van der Waals surface area (Å²) in [5, 5.41) is 3.00. The first kappa shape index (κ1) is 13.5. The number of fused-ring (bicyclic) bond motifs is 1. The molecule has 0 bridgehead atoms. The first-order valence-electron chi connectivity index (χ1n) is 6.43. The van der Waals surface area contributed by atoms with Gasteiger partial charge in [0.2, 0.25) is 6.79 Å². The number of nitrogens with two attached hydrogens (primary N) is 1. The van der Waals surface area contributed by atoms with Crippen LogP contribution in [0, 0.1) is 0 Å². The molecular formula is C15H14F2N2O2. The number of ether oxygens (including phenoxy) is 2. The maximum atomic E-state index is 13.0. The van der Waals surface area contributed by atoms with E-state index in [9.17, 15) is 8.78 Å². The van der Waals surface area contributed by atoms with E-state index >= 15 is 0 Å². The van der Waals surface area contributed by atoms with Crippen molar-refractivity contribution < 1.29 is 18.3 Å². The number of nitrogen functional groups attached to an aromatic ring is 1. The topological polar surface area (TPSA) is 56.5 Å². The van der Waals surface area contributed by atoms with Gasteiger partial charge in [-0.15, -0.1) is 0 Å². The van der Waals surface area contributed by atoms with Gasteiger partial charge in [-0.3, -0.25) is 0 Å². The lowest BCUT2D eigenvalue weighted by atomic mass is 10.1. The van der Waals surface area contributed by atoms with Crippen LogP contribution in [0.25, 0.3) is 0 Å². The van der Waals surface area contributed by atoms with E-state index in [1.165, 1.54) is 6.07 Å². The molecule has 0 atom stereocenters. The Labute approximate surface area is 120 Å². The largest absolute Gasteiger partial charge is 0.454 e. The highest BCUT2D eigenvalue weighted by Gasteiger charge is 2.15. The van der Waals surface area contributed by atoms with Gasteiger partial charge in [-0.2, -0.15) is 0 Å². The minimum absolute atomic E-state index is 0.101. The molecule has 4 nitrogen and oxygen atoms in total. The number of halogens is 2. The van der Waals surface area contributed by atoms with Gasteiger partial charge in [0.25, 0.3) is 6.43 Å². The normalized spacial score (nSPS) is 12.7. The standard InChI is InChI=1S/C15H14F2N2O2/c16-15(17)11-6-10(18)2-3-12(11)19-7-9-1-4-13-14(5-9)21-8-20-13/h1-6,15,19H,7-8,18H2. The minimum atomic E-state index is -2.58. The zero-order valence-electron chi connectivity index (χ0n) is 11.1. The Kier molecular flexibility index (Phi) is 3.51. The molecule has 0 aliphatic carbocycles. The second-order valence-electron chi connectivity index (χ2n) is 4.69. The van der Waals surface area contributed by atoms with Crippen LogP contribution in [-0.2, 0) is 6.54 Å². The molecule has 0 aromatic heterocycles. The molecule has 2 aromatic carbocycles. The molecule has 0 fully saturated rings.